The monoisotopic (exact) mass is 368 g/mol. The van der Waals surface area contributed by atoms with Gasteiger partial charge in [0, 0.05) is 63.6 Å². The molecule has 2 unspecified atom stereocenters. The predicted molar refractivity (Wildman–Crippen MR) is 95.6 cm³/mol. The van der Waals surface area contributed by atoms with Gasteiger partial charge in [0.2, 0.25) is 0 Å². The number of anilines is 2. The zero-order chi connectivity index (χ0) is 18.2. The zero-order valence-corrected chi connectivity index (χ0v) is 15.0. The maximum Gasteiger partial charge on any atom is 0.324 e. The van der Waals surface area contributed by atoms with E-state index in [0.717, 1.165) is 37.8 Å². The second-order valence-electron chi connectivity index (χ2n) is 6.94. The van der Waals surface area contributed by atoms with Crippen molar-refractivity contribution in [2.45, 2.75) is 6.61 Å². The van der Waals surface area contributed by atoms with Gasteiger partial charge in [-0.25, -0.2) is 14.6 Å². The van der Waals surface area contributed by atoms with Crippen molar-refractivity contribution in [1.29, 1.82) is 0 Å². The molecule has 3 aromatic heterocycles. The number of nitrogens with zero attached hydrogens (tertiary/aromatic N) is 8. The van der Waals surface area contributed by atoms with Crippen LogP contribution in [0.2, 0.25) is 0 Å². The third kappa shape index (κ3) is 3.01. The number of aromatic nitrogens is 6. The Morgan fingerprint density at radius 3 is 2.63 bits per heavy atom. The highest BCUT2D eigenvalue weighted by Gasteiger charge is 2.42. The van der Waals surface area contributed by atoms with E-state index in [1.54, 1.807) is 24.3 Å². The molecule has 0 saturated carbocycles. The molecular formula is C17H20N8O2. The summed E-state index contributed by atoms with van der Waals surface area (Å²) in [7, 11) is 1.62. The van der Waals surface area contributed by atoms with Crippen LogP contribution in [0.15, 0.2) is 35.4 Å². The Balaban J connectivity index is 1.26. The fourth-order valence-corrected chi connectivity index (χ4v) is 3.94. The van der Waals surface area contributed by atoms with E-state index in [1.165, 1.54) is 0 Å². The molecule has 3 aromatic rings. The van der Waals surface area contributed by atoms with Crippen molar-refractivity contribution in [2.24, 2.45) is 11.8 Å². The number of hydrogen-bond donors (Lipinski definition) is 0. The van der Waals surface area contributed by atoms with Gasteiger partial charge in [0.1, 0.15) is 18.8 Å². The summed E-state index contributed by atoms with van der Waals surface area (Å²) < 4.78 is 12.2. The van der Waals surface area contributed by atoms with Crippen LogP contribution in [0.25, 0.3) is 5.82 Å². The van der Waals surface area contributed by atoms with E-state index in [9.17, 15) is 0 Å². The average Bonchev–Trinajstić information content (AvgIpc) is 3.44. The summed E-state index contributed by atoms with van der Waals surface area (Å²) in [5.41, 5.74) is 0. The second-order valence-corrected chi connectivity index (χ2v) is 6.94. The maximum absolute atomic E-state index is 5.38. The van der Waals surface area contributed by atoms with Crippen molar-refractivity contribution in [3.8, 4) is 5.82 Å². The molecule has 5 heterocycles. The van der Waals surface area contributed by atoms with Gasteiger partial charge in [0.25, 0.3) is 0 Å². The first kappa shape index (κ1) is 16.2. The standard InChI is InChI=1S/C17H20N8O2/c1-26-10-14-21-17(27-22-14)24-8-12-6-23(7-13(12)9-24)15-5-16(19-11-18-15)25-4-2-3-20-25/h2-5,11-13H,6-10H2,1H3. The van der Waals surface area contributed by atoms with E-state index in [2.05, 4.69) is 35.0 Å². The first-order valence-corrected chi connectivity index (χ1v) is 8.93. The molecule has 0 aromatic carbocycles. The van der Waals surface area contributed by atoms with E-state index in [-0.39, 0.29) is 0 Å². The minimum absolute atomic E-state index is 0.365. The zero-order valence-electron chi connectivity index (χ0n) is 15.0. The lowest BCUT2D eigenvalue weighted by Gasteiger charge is -2.21. The van der Waals surface area contributed by atoms with Gasteiger partial charge in [-0.1, -0.05) is 5.16 Å². The first-order valence-electron chi connectivity index (χ1n) is 8.93. The Labute approximate surface area is 155 Å². The highest BCUT2D eigenvalue weighted by molar-refractivity contribution is 5.45. The van der Waals surface area contributed by atoms with E-state index in [1.807, 2.05) is 18.3 Å². The largest absolute Gasteiger partial charge is 0.377 e. The normalized spacial score (nSPS) is 21.8. The Morgan fingerprint density at radius 1 is 1.11 bits per heavy atom. The summed E-state index contributed by atoms with van der Waals surface area (Å²) in [6.07, 6.45) is 5.22. The first-order chi connectivity index (χ1) is 13.3. The maximum atomic E-state index is 5.38. The molecule has 10 nitrogen and oxygen atoms in total. The molecule has 0 bridgehead atoms. The number of rotatable bonds is 5. The third-order valence-corrected chi connectivity index (χ3v) is 5.19. The van der Waals surface area contributed by atoms with Gasteiger partial charge >= 0.3 is 6.01 Å². The van der Waals surface area contributed by atoms with Crippen LogP contribution in [0.3, 0.4) is 0 Å². The SMILES string of the molecule is COCc1noc(N2CC3CN(c4cc(-n5cccn5)ncn4)CC3C2)n1. The fourth-order valence-electron chi connectivity index (χ4n) is 3.94. The number of ether oxygens (including phenoxy) is 1. The third-order valence-electron chi connectivity index (χ3n) is 5.19. The van der Waals surface area contributed by atoms with Crippen LogP contribution in [0.1, 0.15) is 5.82 Å². The van der Waals surface area contributed by atoms with Gasteiger partial charge in [-0.05, 0) is 6.07 Å². The molecule has 5 rings (SSSR count). The minimum Gasteiger partial charge on any atom is -0.377 e. The van der Waals surface area contributed by atoms with Gasteiger partial charge in [-0.2, -0.15) is 10.1 Å². The second kappa shape index (κ2) is 6.62. The van der Waals surface area contributed by atoms with Crippen LogP contribution < -0.4 is 9.80 Å². The number of fused-ring (bicyclic) bond motifs is 1. The summed E-state index contributed by atoms with van der Waals surface area (Å²) in [5, 5.41) is 8.19. The number of hydrogen-bond acceptors (Lipinski definition) is 9. The number of methoxy groups -OCH3 is 1. The van der Waals surface area contributed by atoms with E-state index >= 15 is 0 Å². The van der Waals surface area contributed by atoms with Crippen molar-refractivity contribution in [3.63, 3.8) is 0 Å². The van der Waals surface area contributed by atoms with Crippen molar-refractivity contribution in [3.05, 3.63) is 36.7 Å². The van der Waals surface area contributed by atoms with E-state index in [0.29, 0.717) is 30.3 Å². The van der Waals surface area contributed by atoms with Crippen LogP contribution in [0.5, 0.6) is 0 Å². The molecule has 0 spiro atoms. The van der Waals surface area contributed by atoms with E-state index < -0.39 is 0 Å². The molecule has 2 aliphatic heterocycles. The summed E-state index contributed by atoms with van der Waals surface area (Å²) in [6.45, 7) is 4.09. The lowest BCUT2D eigenvalue weighted by Crippen LogP contribution is -2.29. The smallest absolute Gasteiger partial charge is 0.324 e. The van der Waals surface area contributed by atoms with E-state index in [4.69, 9.17) is 9.26 Å². The average molecular weight is 368 g/mol. The fraction of sp³-hybridized carbons (Fsp3) is 0.471. The Bertz CT molecular complexity index is 897. The van der Waals surface area contributed by atoms with Gasteiger partial charge in [-0.3, -0.25) is 0 Å². The van der Waals surface area contributed by atoms with Crippen LogP contribution in [0.4, 0.5) is 11.8 Å². The molecular weight excluding hydrogens is 348 g/mol. The molecule has 2 saturated heterocycles. The molecule has 0 radical (unpaired) electrons. The van der Waals surface area contributed by atoms with Crippen LogP contribution >= 0.6 is 0 Å². The molecule has 0 amide bonds. The quantitative estimate of drug-likeness (QED) is 0.646. The molecule has 2 atom stereocenters. The van der Waals surface area contributed by atoms with Gasteiger partial charge in [-0.15, -0.1) is 0 Å². The summed E-state index contributed by atoms with van der Waals surface area (Å²) in [5.74, 6) is 3.40. The van der Waals surface area contributed by atoms with Gasteiger partial charge in [0.05, 0.1) is 0 Å². The molecule has 10 heteroatoms. The molecule has 140 valence electrons. The summed E-state index contributed by atoms with van der Waals surface area (Å²) >= 11 is 0. The summed E-state index contributed by atoms with van der Waals surface area (Å²) in [4.78, 5) is 17.7. The molecule has 27 heavy (non-hydrogen) atoms. The van der Waals surface area contributed by atoms with Crippen LogP contribution in [-0.2, 0) is 11.3 Å². The Morgan fingerprint density at radius 2 is 1.89 bits per heavy atom. The highest BCUT2D eigenvalue weighted by Crippen LogP contribution is 2.35. The van der Waals surface area contributed by atoms with Crippen molar-refractivity contribution in [1.82, 2.24) is 29.9 Å². The predicted octanol–water partition coefficient (Wildman–Crippen LogP) is 0.764. The van der Waals surface area contributed by atoms with Crippen molar-refractivity contribution < 1.29 is 9.26 Å². The molecule has 2 aliphatic rings. The van der Waals surface area contributed by atoms with Crippen LogP contribution in [-0.4, -0.2) is 63.2 Å². The highest BCUT2D eigenvalue weighted by atomic mass is 16.5. The lowest BCUT2D eigenvalue weighted by atomic mass is 10.0. The summed E-state index contributed by atoms with van der Waals surface area (Å²) in [6, 6.07) is 4.46. The lowest BCUT2D eigenvalue weighted by molar-refractivity contribution is 0.174. The molecule has 2 fully saturated rings. The van der Waals surface area contributed by atoms with Gasteiger partial charge in [0.15, 0.2) is 11.6 Å². The molecule has 0 aliphatic carbocycles. The van der Waals surface area contributed by atoms with Gasteiger partial charge < -0.3 is 19.1 Å². The molecule has 0 N–H and O–H groups in total. The Hall–Kier alpha value is -3.01. The minimum atomic E-state index is 0.365. The van der Waals surface area contributed by atoms with Crippen molar-refractivity contribution in [2.75, 3.05) is 43.1 Å². The van der Waals surface area contributed by atoms with Crippen molar-refractivity contribution >= 4 is 11.8 Å². The Kier molecular flexibility index (Phi) is 3.97. The topological polar surface area (TPSA) is 98.2 Å². The van der Waals surface area contributed by atoms with Crippen LogP contribution in [0, 0.1) is 11.8 Å².